The van der Waals surface area contributed by atoms with Crippen molar-refractivity contribution in [2.45, 2.75) is 4.90 Å². The van der Waals surface area contributed by atoms with E-state index in [9.17, 15) is 12.8 Å². The molecule has 0 radical (unpaired) electrons. The summed E-state index contributed by atoms with van der Waals surface area (Å²) in [4.78, 5) is 3.65. The van der Waals surface area contributed by atoms with Gasteiger partial charge in [-0.2, -0.15) is 0 Å². The van der Waals surface area contributed by atoms with Crippen LogP contribution in [-0.2, 0) is 10.0 Å². The molecule has 0 aliphatic carbocycles. The van der Waals surface area contributed by atoms with Crippen LogP contribution in [0.3, 0.4) is 0 Å². The smallest absolute Gasteiger partial charge is 0.263 e. The van der Waals surface area contributed by atoms with Crippen LogP contribution in [0.1, 0.15) is 0 Å². The van der Waals surface area contributed by atoms with Gasteiger partial charge in [0.25, 0.3) is 10.0 Å². The maximum absolute atomic E-state index is 13.5. The molecule has 0 aliphatic rings. The van der Waals surface area contributed by atoms with Crippen LogP contribution in [0, 0.1) is 5.82 Å². The van der Waals surface area contributed by atoms with Crippen molar-refractivity contribution < 1.29 is 12.8 Å². The van der Waals surface area contributed by atoms with Crippen molar-refractivity contribution in [3.8, 4) is 0 Å². The number of sulfonamides is 1. The monoisotopic (exact) mass is 364 g/mol. The fourth-order valence-corrected chi connectivity index (χ4v) is 3.19. The number of rotatable bonds is 3. The summed E-state index contributed by atoms with van der Waals surface area (Å²) < 4.78 is 40.3. The number of halogens is 3. The van der Waals surface area contributed by atoms with E-state index in [1.165, 1.54) is 24.4 Å². The molecule has 1 heterocycles. The lowest BCUT2D eigenvalue weighted by Crippen LogP contribution is -2.14. The fourth-order valence-electron chi connectivity index (χ4n) is 1.33. The van der Waals surface area contributed by atoms with E-state index in [2.05, 4.69) is 25.6 Å². The van der Waals surface area contributed by atoms with Crippen molar-refractivity contribution in [1.82, 2.24) is 4.98 Å². The minimum absolute atomic E-state index is 0.0217. The van der Waals surface area contributed by atoms with Gasteiger partial charge in [-0.15, -0.1) is 0 Å². The number of hydrogen-bond donors (Lipinski definition) is 1. The Bertz CT molecular complexity index is 704. The molecule has 0 fully saturated rings. The summed E-state index contributed by atoms with van der Waals surface area (Å²) in [5, 5.41) is -0.0217. The summed E-state index contributed by atoms with van der Waals surface area (Å²) in [6.07, 6.45) is 2.59. The van der Waals surface area contributed by atoms with Gasteiger partial charge in [-0.05, 0) is 34.1 Å². The summed E-state index contributed by atoms with van der Waals surface area (Å²) >= 11 is 8.88. The highest BCUT2D eigenvalue weighted by Gasteiger charge is 2.18. The molecule has 0 aliphatic heterocycles. The molecule has 19 heavy (non-hydrogen) atoms. The summed E-state index contributed by atoms with van der Waals surface area (Å²) in [5.74, 6) is -0.751. The maximum Gasteiger partial charge on any atom is 0.263 e. The minimum atomic E-state index is -3.95. The Hall–Kier alpha value is -1.18. The second kappa shape index (κ2) is 5.44. The van der Waals surface area contributed by atoms with Crippen molar-refractivity contribution in [3.63, 3.8) is 0 Å². The number of pyridine rings is 1. The lowest BCUT2D eigenvalue weighted by atomic mass is 10.3. The SMILES string of the molecule is O=S(=O)(Nc1c(F)cccc1Cl)c1cncc(Br)c1. The van der Waals surface area contributed by atoms with Crippen LogP contribution in [0.2, 0.25) is 5.02 Å². The fraction of sp³-hybridized carbons (Fsp3) is 0. The van der Waals surface area contributed by atoms with Crippen molar-refractivity contribution in [1.29, 1.82) is 0 Å². The van der Waals surface area contributed by atoms with E-state index in [0.717, 1.165) is 12.3 Å². The third kappa shape index (κ3) is 3.23. The van der Waals surface area contributed by atoms with E-state index in [1.54, 1.807) is 0 Å². The van der Waals surface area contributed by atoms with Gasteiger partial charge in [0.05, 0.1) is 5.02 Å². The Morgan fingerprint density at radius 1 is 1.32 bits per heavy atom. The van der Waals surface area contributed by atoms with E-state index in [-0.39, 0.29) is 15.6 Å². The topological polar surface area (TPSA) is 59.1 Å². The average molecular weight is 366 g/mol. The Labute approximate surface area is 122 Å². The van der Waals surface area contributed by atoms with E-state index in [1.807, 2.05) is 0 Å². The van der Waals surface area contributed by atoms with Gasteiger partial charge in [-0.3, -0.25) is 9.71 Å². The van der Waals surface area contributed by atoms with Gasteiger partial charge in [-0.1, -0.05) is 17.7 Å². The van der Waals surface area contributed by atoms with Gasteiger partial charge in [0.1, 0.15) is 16.4 Å². The van der Waals surface area contributed by atoms with Crippen LogP contribution in [0.15, 0.2) is 46.0 Å². The Morgan fingerprint density at radius 3 is 2.68 bits per heavy atom. The highest BCUT2D eigenvalue weighted by Crippen LogP contribution is 2.27. The molecule has 0 atom stereocenters. The lowest BCUT2D eigenvalue weighted by molar-refractivity contribution is 0.598. The molecule has 8 heteroatoms. The van der Waals surface area contributed by atoms with E-state index >= 15 is 0 Å². The van der Waals surface area contributed by atoms with E-state index < -0.39 is 15.8 Å². The summed E-state index contributed by atoms with van der Waals surface area (Å²) in [6, 6.07) is 5.24. The zero-order chi connectivity index (χ0) is 14.0. The van der Waals surface area contributed by atoms with E-state index in [4.69, 9.17) is 11.6 Å². The average Bonchev–Trinajstić information content (AvgIpc) is 2.34. The van der Waals surface area contributed by atoms with Crippen LogP contribution in [0.4, 0.5) is 10.1 Å². The van der Waals surface area contributed by atoms with Crippen LogP contribution in [0.5, 0.6) is 0 Å². The van der Waals surface area contributed by atoms with Gasteiger partial charge < -0.3 is 0 Å². The zero-order valence-electron chi connectivity index (χ0n) is 9.27. The third-order valence-electron chi connectivity index (χ3n) is 2.19. The second-order valence-corrected chi connectivity index (χ2v) is 6.55. The Kier molecular flexibility index (Phi) is 4.07. The molecule has 0 bridgehead atoms. The molecule has 1 aromatic carbocycles. The number of nitrogens with zero attached hydrogens (tertiary/aromatic N) is 1. The molecule has 100 valence electrons. The molecular formula is C11H7BrClFN2O2S. The number of nitrogens with one attached hydrogen (secondary N) is 1. The Balaban J connectivity index is 2.42. The van der Waals surface area contributed by atoms with Gasteiger partial charge >= 0.3 is 0 Å². The predicted molar refractivity (Wildman–Crippen MR) is 74.2 cm³/mol. The number of anilines is 1. The van der Waals surface area contributed by atoms with Crippen molar-refractivity contribution >= 4 is 43.2 Å². The number of hydrogen-bond acceptors (Lipinski definition) is 3. The van der Waals surface area contributed by atoms with Gasteiger partial charge in [-0.25, -0.2) is 12.8 Å². The molecular weight excluding hydrogens is 359 g/mol. The lowest BCUT2D eigenvalue weighted by Gasteiger charge is -2.10. The summed E-state index contributed by atoms with van der Waals surface area (Å²) in [7, 11) is -3.95. The molecule has 0 saturated heterocycles. The first kappa shape index (κ1) is 14.2. The van der Waals surface area contributed by atoms with Crippen LogP contribution in [0.25, 0.3) is 0 Å². The molecule has 0 unspecified atom stereocenters. The Morgan fingerprint density at radius 2 is 2.05 bits per heavy atom. The van der Waals surface area contributed by atoms with Crippen molar-refractivity contribution in [2.24, 2.45) is 0 Å². The first-order valence-electron chi connectivity index (χ1n) is 4.97. The first-order valence-corrected chi connectivity index (χ1v) is 7.63. The van der Waals surface area contributed by atoms with Crippen LogP contribution < -0.4 is 4.72 Å². The molecule has 2 rings (SSSR count). The van der Waals surface area contributed by atoms with Crippen molar-refractivity contribution in [3.05, 3.63) is 52.0 Å². The first-order chi connectivity index (χ1) is 8.90. The standard InChI is InChI=1S/C11H7BrClFN2O2S/c12-7-4-8(6-15-5-7)19(17,18)16-11-9(13)2-1-3-10(11)14/h1-6,16H. The minimum Gasteiger partial charge on any atom is -0.275 e. The molecule has 1 aromatic heterocycles. The molecule has 0 amide bonds. The number of aromatic nitrogens is 1. The second-order valence-electron chi connectivity index (χ2n) is 3.54. The van der Waals surface area contributed by atoms with E-state index in [0.29, 0.717) is 4.47 Å². The number of para-hydroxylation sites is 1. The van der Waals surface area contributed by atoms with Crippen molar-refractivity contribution in [2.75, 3.05) is 4.72 Å². The highest BCUT2D eigenvalue weighted by atomic mass is 79.9. The molecule has 2 aromatic rings. The normalized spacial score (nSPS) is 11.3. The van der Waals surface area contributed by atoms with Crippen LogP contribution >= 0.6 is 27.5 Å². The highest BCUT2D eigenvalue weighted by molar-refractivity contribution is 9.10. The largest absolute Gasteiger partial charge is 0.275 e. The third-order valence-corrected chi connectivity index (χ3v) is 4.25. The zero-order valence-corrected chi connectivity index (χ0v) is 12.4. The molecule has 1 N–H and O–H groups in total. The summed E-state index contributed by atoms with van der Waals surface area (Å²) in [5.41, 5.74) is -0.288. The predicted octanol–water partition coefficient (Wildman–Crippen LogP) is 3.44. The van der Waals surface area contributed by atoms with Crippen LogP contribution in [-0.4, -0.2) is 13.4 Å². The molecule has 4 nitrogen and oxygen atoms in total. The quantitative estimate of drug-likeness (QED) is 0.906. The molecule has 0 saturated carbocycles. The maximum atomic E-state index is 13.5. The van der Waals surface area contributed by atoms with Gasteiger partial charge in [0, 0.05) is 16.9 Å². The summed E-state index contributed by atoms with van der Waals surface area (Å²) in [6.45, 7) is 0. The number of benzene rings is 1. The molecule has 0 spiro atoms. The van der Waals surface area contributed by atoms with Gasteiger partial charge in [0.2, 0.25) is 0 Å². The van der Waals surface area contributed by atoms with Gasteiger partial charge in [0.15, 0.2) is 0 Å².